The van der Waals surface area contributed by atoms with E-state index in [0.29, 0.717) is 43.1 Å². The Bertz CT molecular complexity index is 833. The van der Waals surface area contributed by atoms with Crippen molar-refractivity contribution in [1.82, 2.24) is 14.7 Å². The number of benzene rings is 1. The monoisotopic (exact) mass is 509 g/mol. The van der Waals surface area contributed by atoms with Crippen molar-refractivity contribution in [2.75, 3.05) is 39.3 Å². The Morgan fingerprint density at radius 3 is 2.28 bits per heavy atom. The summed E-state index contributed by atoms with van der Waals surface area (Å²) in [5.41, 5.74) is 1.01. The van der Waals surface area contributed by atoms with Gasteiger partial charge < -0.3 is 20.0 Å². The van der Waals surface area contributed by atoms with Gasteiger partial charge in [-0.3, -0.25) is 19.3 Å². The molecule has 1 aromatic carbocycles. The molecule has 0 radical (unpaired) electrons. The number of nitrogens with zero attached hydrogens (tertiary/aromatic N) is 3. The number of hydrogen-bond donors (Lipinski definition) is 2. The third kappa shape index (κ3) is 6.45. The van der Waals surface area contributed by atoms with Crippen LogP contribution in [0.25, 0.3) is 0 Å². The molecular formula is C23H32BrN3O5. The van der Waals surface area contributed by atoms with Gasteiger partial charge >= 0.3 is 5.97 Å². The standard InChI is InChI=1S/C23H32BrN3O5/c1-16(14-17-2-3-20(28)19(24)15-17)23(32)27-12-10-25(11-13-27)18-6-8-26(9-7-18)21(29)4-5-22(30)31/h2-3,15-16,18,28H,4-14H2,1H3,(H,30,31)/t16-/m1/s1. The van der Waals surface area contributed by atoms with Gasteiger partial charge in [-0.05, 0) is 52.9 Å². The third-order valence-electron chi connectivity index (χ3n) is 6.49. The highest BCUT2D eigenvalue weighted by atomic mass is 79.9. The Hall–Kier alpha value is -2.13. The topological polar surface area (TPSA) is 101 Å². The second kappa shape index (κ2) is 11.1. The number of rotatable bonds is 7. The summed E-state index contributed by atoms with van der Waals surface area (Å²) in [6, 6.07) is 5.75. The number of carbonyl (C=O) groups excluding carboxylic acids is 2. The van der Waals surface area contributed by atoms with Gasteiger partial charge in [0.25, 0.3) is 0 Å². The van der Waals surface area contributed by atoms with Gasteiger partial charge in [0.15, 0.2) is 0 Å². The van der Waals surface area contributed by atoms with Crippen LogP contribution in [0.1, 0.15) is 38.2 Å². The molecular weight excluding hydrogens is 478 g/mol. The van der Waals surface area contributed by atoms with Crippen LogP contribution < -0.4 is 0 Å². The van der Waals surface area contributed by atoms with Gasteiger partial charge in [-0.1, -0.05) is 13.0 Å². The van der Waals surface area contributed by atoms with Crippen LogP contribution in [-0.2, 0) is 20.8 Å². The Morgan fingerprint density at radius 2 is 1.69 bits per heavy atom. The number of piperidine rings is 1. The minimum absolute atomic E-state index is 0.0695. The zero-order chi connectivity index (χ0) is 23.3. The number of amides is 2. The summed E-state index contributed by atoms with van der Waals surface area (Å²) in [4.78, 5) is 41.9. The lowest BCUT2D eigenvalue weighted by Gasteiger charge is -2.43. The van der Waals surface area contributed by atoms with E-state index in [1.54, 1.807) is 11.0 Å². The van der Waals surface area contributed by atoms with Gasteiger partial charge in [0.1, 0.15) is 5.75 Å². The van der Waals surface area contributed by atoms with Gasteiger partial charge in [0.05, 0.1) is 10.9 Å². The number of halogens is 1. The first-order chi connectivity index (χ1) is 15.2. The highest BCUT2D eigenvalue weighted by Crippen LogP contribution is 2.26. The molecule has 2 aliphatic rings. The number of aliphatic carboxylic acids is 1. The molecule has 2 amide bonds. The first-order valence-corrected chi connectivity index (χ1v) is 12.0. The summed E-state index contributed by atoms with van der Waals surface area (Å²) in [6.45, 7) is 6.37. The average Bonchev–Trinajstić information content (AvgIpc) is 2.79. The molecule has 0 bridgehead atoms. The largest absolute Gasteiger partial charge is 0.507 e. The summed E-state index contributed by atoms with van der Waals surface area (Å²) < 4.78 is 0.637. The van der Waals surface area contributed by atoms with Crippen LogP contribution in [0.4, 0.5) is 0 Å². The van der Waals surface area contributed by atoms with Crippen LogP contribution in [0, 0.1) is 5.92 Å². The van der Waals surface area contributed by atoms with Gasteiger partial charge in [-0.15, -0.1) is 0 Å². The van der Waals surface area contributed by atoms with Crippen molar-refractivity contribution in [2.24, 2.45) is 5.92 Å². The molecule has 2 heterocycles. The first-order valence-electron chi connectivity index (χ1n) is 11.2. The zero-order valence-electron chi connectivity index (χ0n) is 18.5. The maximum Gasteiger partial charge on any atom is 0.303 e. The number of carboxylic acid groups (broad SMARTS) is 1. The van der Waals surface area contributed by atoms with E-state index in [0.717, 1.165) is 31.5 Å². The summed E-state index contributed by atoms with van der Waals surface area (Å²) in [5, 5.41) is 18.4. The minimum atomic E-state index is -0.939. The normalized spacial score (nSPS) is 19.1. The summed E-state index contributed by atoms with van der Waals surface area (Å²) in [7, 11) is 0. The number of piperazine rings is 1. The fourth-order valence-electron chi connectivity index (χ4n) is 4.59. The number of phenols is 1. The van der Waals surface area contributed by atoms with Crippen molar-refractivity contribution in [3.63, 3.8) is 0 Å². The van der Waals surface area contributed by atoms with E-state index < -0.39 is 5.97 Å². The van der Waals surface area contributed by atoms with Gasteiger partial charge in [0.2, 0.25) is 11.8 Å². The molecule has 8 nitrogen and oxygen atoms in total. The number of hydrogen-bond acceptors (Lipinski definition) is 5. The van der Waals surface area contributed by atoms with Gasteiger partial charge in [-0.25, -0.2) is 0 Å². The van der Waals surface area contributed by atoms with E-state index in [2.05, 4.69) is 20.8 Å². The number of aromatic hydroxyl groups is 1. The SMILES string of the molecule is C[C@H](Cc1ccc(O)c(Br)c1)C(=O)N1CCN(C2CCN(C(=O)CCC(=O)O)CC2)CC1. The van der Waals surface area contributed by atoms with Crippen LogP contribution in [0.5, 0.6) is 5.75 Å². The van der Waals surface area contributed by atoms with E-state index in [1.165, 1.54) is 0 Å². The van der Waals surface area contributed by atoms with E-state index in [1.807, 2.05) is 24.0 Å². The fraction of sp³-hybridized carbons (Fsp3) is 0.609. The molecule has 176 valence electrons. The van der Waals surface area contributed by atoms with E-state index in [9.17, 15) is 19.5 Å². The van der Waals surface area contributed by atoms with Crippen LogP contribution in [-0.4, -0.2) is 88.0 Å². The number of carbonyl (C=O) groups is 3. The van der Waals surface area contributed by atoms with Crippen LogP contribution in [0.2, 0.25) is 0 Å². The molecule has 9 heteroatoms. The maximum absolute atomic E-state index is 12.9. The predicted octanol–water partition coefficient (Wildman–Crippen LogP) is 2.33. The molecule has 2 fully saturated rings. The van der Waals surface area contributed by atoms with Gasteiger partial charge in [-0.2, -0.15) is 0 Å². The maximum atomic E-state index is 12.9. The zero-order valence-corrected chi connectivity index (χ0v) is 20.1. The molecule has 32 heavy (non-hydrogen) atoms. The van der Waals surface area contributed by atoms with Crippen molar-refractivity contribution in [2.45, 2.75) is 45.1 Å². The van der Waals surface area contributed by atoms with Crippen molar-refractivity contribution in [3.8, 4) is 5.75 Å². The predicted molar refractivity (Wildman–Crippen MR) is 123 cm³/mol. The van der Waals surface area contributed by atoms with Crippen molar-refractivity contribution >= 4 is 33.7 Å². The van der Waals surface area contributed by atoms with Crippen LogP contribution >= 0.6 is 15.9 Å². The molecule has 1 aromatic rings. The summed E-state index contributed by atoms with van der Waals surface area (Å²) >= 11 is 3.32. The number of likely N-dealkylation sites (tertiary alicyclic amines) is 1. The van der Waals surface area contributed by atoms with Crippen molar-refractivity contribution < 1.29 is 24.6 Å². The smallest absolute Gasteiger partial charge is 0.303 e. The lowest BCUT2D eigenvalue weighted by molar-refractivity contribution is -0.141. The molecule has 1 atom stereocenters. The Balaban J connectivity index is 1.42. The Kier molecular flexibility index (Phi) is 8.53. The van der Waals surface area contributed by atoms with Crippen LogP contribution in [0.3, 0.4) is 0 Å². The highest BCUT2D eigenvalue weighted by Gasteiger charge is 2.31. The Labute approximate surface area is 197 Å². The van der Waals surface area contributed by atoms with E-state index in [-0.39, 0.29) is 36.3 Å². The molecule has 0 unspecified atom stereocenters. The first kappa shape index (κ1) is 24.5. The molecule has 0 spiro atoms. The lowest BCUT2D eigenvalue weighted by Crippen LogP contribution is -2.55. The Morgan fingerprint density at radius 1 is 1.03 bits per heavy atom. The lowest BCUT2D eigenvalue weighted by atomic mass is 9.98. The average molecular weight is 510 g/mol. The van der Waals surface area contributed by atoms with Crippen molar-refractivity contribution in [3.05, 3.63) is 28.2 Å². The molecule has 0 saturated carbocycles. The molecule has 0 aromatic heterocycles. The molecule has 3 rings (SSSR count). The van der Waals surface area contributed by atoms with Gasteiger partial charge in [0, 0.05) is 57.6 Å². The molecule has 2 saturated heterocycles. The molecule has 2 aliphatic heterocycles. The second-order valence-corrected chi connectivity index (χ2v) is 9.61. The highest BCUT2D eigenvalue weighted by molar-refractivity contribution is 9.10. The minimum Gasteiger partial charge on any atom is -0.507 e. The number of phenolic OH excluding ortho intramolecular Hbond substituents is 1. The van der Waals surface area contributed by atoms with E-state index in [4.69, 9.17) is 5.11 Å². The molecule has 0 aliphatic carbocycles. The fourth-order valence-corrected chi connectivity index (χ4v) is 5.02. The second-order valence-electron chi connectivity index (χ2n) is 8.76. The van der Waals surface area contributed by atoms with E-state index >= 15 is 0 Å². The summed E-state index contributed by atoms with van der Waals surface area (Å²) in [5.74, 6) is -0.785. The van der Waals surface area contributed by atoms with Crippen LogP contribution in [0.15, 0.2) is 22.7 Å². The number of carboxylic acids is 1. The third-order valence-corrected chi connectivity index (χ3v) is 7.12. The molecule has 2 N–H and O–H groups in total. The summed E-state index contributed by atoms with van der Waals surface area (Å²) in [6.07, 6.45) is 2.36. The quantitative estimate of drug-likeness (QED) is 0.584. The van der Waals surface area contributed by atoms with Crippen molar-refractivity contribution in [1.29, 1.82) is 0 Å².